The molecule has 0 saturated carbocycles. The average Bonchev–Trinajstić information content (AvgIpc) is 2.71. The van der Waals surface area contributed by atoms with Crippen molar-refractivity contribution in [3.05, 3.63) is 0 Å². The summed E-state index contributed by atoms with van der Waals surface area (Å²) < 4.78 is 11.5. The maximum atomic E-state index is 12.4. The molecule has 0 aliphatic carbocycles. The fourth-order valence-corrected chi connectivity index (χ4v) is 5.45. The number of hydroxylamine groups is 3. The highest BCUT2D eigenvalue weighted by molar-refractivity contribution is 5.69. The lowest BCUT2D eigenvalue weighted by Crippen LogP contribution is -2.60. The second-order valence-corrected chi connectivity index (χ2v) is 14.2. The van der Waals surface area contributed by atoms with Crippen molar-refractivity contribution in [2.75, 3.05) is 0 Å². The average molecular weight is 529 g/mol. The molecule has 1 saturated heterocycles. The highest BCUT2D eigenvalue weighted by atomic mass is 16.6. The predicted molar refractivity (Wildman–Crippen MR) is 145 cm³/mol. The van der Waals surface area contributed by atoms with Crippen molar-refractivity contribution in [3.63, 3.8) is 0 Å². The van der Waals surface area contributed by atoms with Crippen LogP contribution in [0, 0.1) is 5.41 Å². The molecular formula is C29H56N2O6. The summed E-state index contributed by atoms with van der Waals surface area (Å²) in [7, 11) is 0. The summed E-state index contributed by atoms with van der Waals surface area (Å²) in [4.78, 5) is 24.8. The van der Waals surface area contributed by atoms with E-state index in [-0.39, 0.29) is 29.6 Å². The quantitative estimate of drug-likeness (QED) is 0.125. The molecule has 0 aromatic heterocycles. The Morgan fingerprint density at radius 3 is 1.78 bits per heavy atom. The molecule has 1 heterocycles. The second kappa shape index (κ2) is 14.2. The number of carbonyl (C=O) groups is 2. The Balaban J connectivity index is 2.22. The lowest BCUT2D eigenvalue weighted by Gasteiger charge is -2.50. The SMILES string of the molecule is CC(C)(C)CC(CC(C)(C)NO)OC(=O)CCCCCCCCC(=O)OC1CC(C)(C)N(O)C(C)(C)C1. The zero-order valence-corrected chi connectivity index (χ0v) is 25.1. The van der Waals surface area contributed by atoms with Gasteiger partial charge in [0.2, 0.25) is 0 Å². The van der Waals surface area contributed by atoms with Crippen LogP contribution in [0.2, 0.25) is 0 Å². The molecule has 8 heteroatoms. The highest BCUT2D eigenvalue weighted by Crippen LogP contribution is 2.38. The summed E-state index contributed by atoms with van der Waals surface area (Å²) in [5, 5.41) is 21.1. The fraction of sp³-hybridized carbons (Fsp3) is 0.931. The number of piperidine rings is 1. The van der Waals surface area contributed by atoms with Gasteiger partial charge in [-0.3, -0.25) is 9.59 Å². The molecule has 0 spiro atoms. The normalized spacial score (nSPS) is 19.4. The van der Waals surface area contributed by atoms with Crippen LogP contribution in [-0.4, -0.2) is 56.2 Å². The van der Waals surface area contributed by atoms with Gasteiger partial charge in [0.15, 0.2) is 0 Å². The molecule has 1 atom stereocenters. The monoisotopic (exact) mass is 528 g/mol. The second-order valence-electron chi connectivity index (χ2n) is 14.2. The zero-order chi connectivity index (χ0) is 28.5. The van der Waals surface area contributed by atoms with Gasteiger partial charge in [-0.15, -0.1) is 0 Å². The third kappa shape index (κ3) is 13.4. The molecule has 218 valence electrons. The van der Waals surface area contributed by atoms with E-state index in [0.717, 1.165) is 44.9 Å². The molecule has 37 heavy (non-hydrogen) atoms. The Bertz CT molecular complexity index is 696. The largest absolute Gasteiger partial charge is 0.462 e. The van der Waals surface area contributed by atoms with Gasteiger partial charge in [-0.05, 0) is 66.2 Å². The number of hydrogen-bond acceptors (Lipinski definition) is 8. The van der Waals surface area contributed by atoms with Crippen LogP contribution in [0.3, 0.4) is 0 Å². The van der Waals surface area contributed by atoms with E-state index in [1.165, 1.54) is 5.06 Å². The number of carbonyl (C=O) groups excluding carboxylic acids is 2. The van der Waals surface area contributed by atoms with Crippen molar-refractivity contribution in [3.8, 4) is 0 Å². The first-order chi connectivity index (χ1) is 16.9. The van der Waals surface area contributed by atoms with Crippen LogP contribution in [0.15, 0.2) is 0 Å². The molecule has 0 bridgehead atoms. The smallest absolute Gasteiger partial charge is 0.306 e. The third-order valence-electron chi connectivity index (χ3n) is 7.09. The van der Waals surface area contributed by atoms with Crippen LogP contribution in [0.25, 0.3) is 0 Å². The van der Waals surface area contributed by atoms with Gasteiger partial charge in [0, 0.05) is 48.7 Å². The van der Waals surface area contributed by atoms with Gasteiger partial charge in [0.05, 0.1) is 0 Å². The molecule has 3 N–H and O–H groups in total. The maximum absolute atomic E-state index is 12.4. The van der Waals surface area contributed by atoms with Crippen LogP contribution in [0.1, 0.15) is 139 Å². The minimum absolute atomic E-state index is 0.0210. The van der Waals surface area contributed by atoms with Crippen LogP contribution in [-0.2, 0) is 19.1 Å². The van der Waals surface area contributed by atoms with Crippen molar-refractivity contribution in [2.24, 2.45) is 5.41 Å². The molecule has 0 amide bonds. The number of nitrogens with one attached hydrogen (secondary N) is 1. The fourth-order valence-electron chi connectivity index (χ4n) is 5.45. The van der Waals surface area contributed by atoms with Crippen molar-refractivity contribution in [1.82, 2.24) is 10.5 Å². The van der Waals surface area contributed by atoms with E-state index >= 15 is 0 Å². The Morgan fingerprint density at radius 1 is 0.865 bits per heavy atom. The molecule has 0 aromatic carbocycles. The van der Waals surface area contributed by atoms with Crippen LogP contribution < -0.4 is 5.48 Å². The van der Waals surface area contributed by atoms with Gasteiger partial charge >= 0.3 is 11.9 Å². The first kappa shape index (κ1) is 33.8. The van der Waals surface area contributed by atoms with Gasteiger partial charge < -0.3 is 19.9 Å². The predicted octanol–water partition coefficient (Wildman–Crippen LogP) is 6.56. The minimum atomic E-state index is -0.521. The Labute approximate surface area is 225 Å². The summed E-state index contributed by atoms with van der Waals surface area (Å²) >= 11 is 0. The van der Waals surface area contributed by atoms with Gasteiger partial charge in [-0.1, -0.05) is 46.5 Å². The van der Waals surface area contributed by atoms with Gasteiger partial charge in [0.1, 0.15) is 12.2 Å². The van der Waals surface area contributed by atoms with E-state index in [2.05, 4.69) is 26.3 Å². The number of unbranched alkanes of at least 4 members (excludes halogenated alkanes) is 5. The Morgan fingerprint density at radius 2 is 1.32 bits per heavy atom. The topological polar surface area (TPSA) is 108 Å². The summed E-state index contributed by atoms with van der Waals surface area (Å²) in [6, 6.07) is 0. The van der Waals surface area contributed by atoms with Crippen molar-refractivity contribution in [1.29, 1.82) is 0 Å². The summed E-state index contributed by atoms with van der Waals surface area (Å²) in [6.07, 6.45) is 8.48. The van der Waals surface area contributed by atoms with Crippen molar-refractivity contribution in [2.45, 2.75) is 168 Å². The van der Waals surface area contributed by atoms with E-state index in [9.17, 15) is 20.0 Å². The van der Waals surface area contributed by atoms with E-state index < -0.39 is 16.6 Å². The molecule has 8 nitrogen and oxygen atoms in total. The summed E-state index contributed by atoms with van der Waals surface area (Å²) in [5.41, 5.74) is 0.950. The van der Waals surface area contributed by atoms with E-state index in [4.69, 9.17) is 9.47 Å². The minimum Gasteiger partial charge on any atom is -0.462 e. The number of hydrogen-bond donors (Lipinski definition) is 3. The molecule has 1 aliphatic rings. The summed E-state index contributed by atoms with van der Waals surface area (Å²) in [6.45, 7) is 18.0. The van der Waals surface area contributed by atoms with Gasteiger partial charge in [-0.2, -0.15) is 10.5 Å². The zero-order valence-electron chi connectivity index (χ0n) is 25.1. The number of ether oxygens (including phenoxy) is 2. The Kier molecular flexibility index (Phi) is 13.0. The van der Waals surface area contributed by atoms with Crippen molar-refractivity contribution >= 4 is 11.9 Å². The molecule has 1 unspecified atom stereocenters. The van der Waals surface area contributed by atoms with Crippen LogP contribution in [0.5, 0.6) is 0 Å². The molecule has 1 aliphatic heterocycles. The summed E-state index contributed by atoms with van der Waals surface area (Å²) in [5.74, 6) is -0.334. The highest BCUT2D eigenvalue weighted by Gasteiger charge is 2.46. The molecule has 0 aromatic rings. The number of nitrogens with zero attached hydrogens (tertiary/aromatic N) is 1. The molecule has 0 radical (unpaired) electrons. The first-order valence-electron chi connectivity index (χ1n) is 14.2. The van der Waals surface area contributed by atoms with Gasteiger partial charge in [-0.25, -0.2) is 0 Å². The van der Waals surface area contributed by atoms with Crippen molar-refractivity contribution < 1.29 is 29.5 Å². The number of rotatable bonds is 15. The molecule has 1 fully saturated rings. The Hall–Kier alpha value is -1.22. The van der Waals surface area contributed by atoms with E-state index in [0.29, 0.717) is 32.1 Å². The molecular weight excluding hydrogens is 472 g/mol. The molecule has 1 rings (SSSR count). The van der Waals surface area contributed by atoms with Crippen LogP contribution in [0.4, 0.5) is 0 Å². The standard InChI is InChI=1S/C29H56N2O6/c1-26(2,3)18-22(19-27(4,5)30-34)36-24(32)16-14-12-10-11-13-15-17-25(33)37-23-20-28(6,7)31(35)29(8,9)21-23/h22-23,30,34-35H,10-21H2,1-9H3. The maximum Gasteiger partial charge on any atom is 0.306 e. The number of esters is 2. The lowest BCUT2D eigenvalue weighted by atomic mass is 9.80. The lowest BCUT2D eigenvalue weighted by molar-refractivity contribution is -0.259. The van der Waals surface area contributed by atoms with E-state index in [1.54, 1.807) is 0 Å². The van der Waals surface area contributed by atoms with Crippen LogP contribution >= 0.6 is 0 Å². The first-order valence-corrected chi connectivity index (χ1v) is 14.2. The van der Waals surface area contributed by atoms with Gasteiger partial charge in [0.25, 0.3) is 0 Å². The third-order valence-corrected chi connectivity index (χ3v) is 7.09. The van der Waals surface area contributed by atoms with E-state index in [1.807, 2.05) is 41.5 Å².